The molecular weight excluding hydrogens is 180 g/mol. The van der Waals surface area contributed by atoms with Crippen LogP contribution in [0.3, 0.4) is 0 Å². The molecule has 0 spiro atoms. The van der Waals surface area contributed by atoms with E-state index in [1.54, 1.807) is 4.57 Å². The minimum atomic E-state index is -0.0893. The predicted octanol–water partition coefficient (Wildman–Crippen LogP) is 0.186. The Morgan fingerprint density at radius 3 is 2.71 bits per heavy atom. The maximum atomic E-state index is 11.2. The summed E-state index contributed by atoms with van der Waals surface area (Å²) in [7, 11) is 0. The summed E-state index contributed by atoms with van der Waals surface area (Å²) in [5.74, 6) is 0.844. The van der Waals surface area contributed by atoms with E-state index in [1.807, 2.05) is 0 Å². The third kappa shape index (κ3) is 1.48. The van der Waals surface area contributed by atoms with Gasteiger partial charge in [0.2, 0.25) is 0 Å². The number of hydrogen-bond acceptors (Lipinski definition) is 3. The number of H-pyrrole nitrogens is 1. The summed E-state index contributed by atoms with van der Waals surface area (Å²) in [5.41, 5.74) is 0.0498. The van der Waals surface area contributed by atoms with Gasteiger partial charge in [-0.25, -0.2) is 9.89 Å². The van der Waals surface area contributed by atoms with Crippen molar-refractivity contribution in [1.29, 1.82) is 0 Å². The molecule has 1 N–H and O–H groups in total. The van der Waals surface area contributed by atoms with Crippen LogP contribution in [0.2, 0.25) is 0 Å². The Kier molecular flexibility index (Phi) is 1.99. The van der Waals surface area contributed by atoms with Crippen LogP contribution in [0.15, 0.2) is 4.79 Å². The van der Waals surface area contributed by atoms with Gasteiger partial charge in [0.25, 0.3) is 0 Å². The number of aromatic nitrogens is 3. The molecule has 5 heteroatoms. The summed E-state index contributed by atoms with van der Waals surface area (Å²) in [6.07, 6.45) is 0. The SMILES string of the molecule is CC(C)(C)N1CCn2c(n[nH]c2=O)C1. The van der Waals surface area contributed by atoms with Crippen molar-refractivity contribution in [1.82, 2.24) is 19.7 Å². The highest BCUT2D eigenvalue weighted by molar-refractivity contribution is 4.93. The molecule has 2 heterocycles. The molecule has 0 fully saturated rings. The highest BCUT2D eigenvalue weighted by Gasteiger charge is 2.27. The molecule has 1 aromatic rings. The van der Waals surface area contributed by atoms with Gasteiger partial charge in [-0.1, -0.05) is 0 Å². The van der Waals surface area contributed by atoms with E-state index in [0.29, 0.717) is 0 Å². The molecule has 1 aliphatic rings. The minimum absolute atomic E-state index is 0.0893. The van der Waals surface area contributed by atoms with Crippen molar-refractivity contribution in [2.24, 2.45) is 0 Å². The number of nitrogens with one attached hydrogen (secondary N) is 1. The van der Waals surface area contributed by atoms with Gasteiger partial charge in [-0.05, 0) is 20.8 Å². The molecule has 1 aliphatic heterocycles. The molecule has 0 unspecified atom stereocenters. The van der Waals surface area contributed by atoms with E-state index in [2.05, 4.69) is 35.9 Å². The van der Waals surface area contributed by atoms with Gasteiger partial charge in [0.05, 0.1) is 6.54 Å². The van der Waals surface area contributed by atoms with E-state index < -0.39 is 0 Å². The van der Waals surface area contributed by atoms with Crippen LogP contribution in [0.1, 0.15) is 26.6 Å². The van der Waals surface area contributed by atoms with Crippen LogP contribution in [0.5, 0.6) is 0 Å². The van der Waals surface area contributed by atoms with E-state index >= 15 is 0 Å². The number of hydrogen-bond donors (Lipinski definition) is 1. The highest BCUT2D eigenvalue weighted by Crippen LogP contribution is 2.18. The molecule has 0 aliphatic carbocycles. The molecule has 5 nitrogen and oxygen atoms in total. The smallest absolute Gasteiger partial charge is 0.289 e. The highest BCUT2D eigenvalue weighted by atomic mass is 16.1. The molecule has 1 aromatic heterocycles. The molecule has 14 heavy (non-hydrogen) atoms. The van der Waals surface area contributed by atoms with Crippen molar-refractivity contribution in [3.63, 3.8) is 0 Å². The van der Waals surface area contributed by atoms with E-state index in [4.69, 9.17) is 0 Å². The van der Waals surface area contributed by atoms with Gasteiger partial charge in [-0.15, -0.1) is 0 Å². The first kappa shape index (κ1) is 9.45. The van der Waals surface area contributed by atoms with Crippen molar-refractivity contribution >= 4 is 0 Å². The summed E-state index contributed by atoms with van der Waals surface area (Å²) in [5, 5.41) is 6.49. The van der Waals surface area contributed by atoms with Gasteiger partial charge in [0.1, 0.15) is 5.82 Å². The van der Waals surface area contributed by atoms with Crippen molar-refractivity contribution in [2.75, 3.05) is 6.54 Å². The average Bonchev–Trinajstić information content (AvgIpc) is 2.46. The topological polar surface area (TPSA) is 53.9 Å². The van der Waals surface area contributed by atoms with E-state index in [9.17, 15) is 4.79 Å². The molecule has 0 aromatic carbocycles. The molecule has 78 valence electrons. The summed E-state index contributed by atoms with van der Waals surface area (Å²) in [6, 6.07) is 0. The zero-order chi connectivity index (χ0) is 10.3. The maximum Gasteiger partial charge on any atom is 0.343 e. The second-order valence-corrected chi connectivity index (χ2v) is 4.69. The molecule has 0 saturated heterocycles. The lowest BCUT2D eigenvalue weighted by molar-refractivity contribution is 0.0994. The van der Waals surface area contributed by atoms with Crippen LogP contribution in [0.4, 0.5) is 0 Å². The zero-order valence-electron chi connectivity index (χ0n) is 8.87. The van der Waals surface area contributed by atoms with Crippen LogP contribution in [-0.4, -0.2) is 31.7 Å². The van der Waals surface area contributed by atoms with Crippen LogP contribution < -0.4 is 5.69 Å². The van der Waals surface area contributed by atoms with Crippen molar-refractivity contribution < 1.29 is 0 Å². The molecule has 0 amide bonds. The minimum Gasteiger partial charge on any atom is -0.289 e. The van der Waals surface area contributed by atoms with Gasteiger partial charge in [0.15, 0.2) is 0 Å². The lowest BCUT2D eigenvalue weighted by Crippen LogP contribution is -2.47. The Morgan fingerprint density at radius 2 is 2.07 bits per heavy atom. The Bertz CT molecular complexity index is 384. The van der Waals surface area contributed by atoms with Crippen LogP contribution >= 0.6 is 0 Å². The van der Waals surface area contributed by atoms with Gasteiger partial charge >= 0.3 is 5.69 Å². The Labute approximate surface area is 82.7 Å². The normalized spacial score (nSPS) is 18.2. The monoisotopic (exact) mass is 196 g/mol. The summed E-state index contributed by atoms with van der Waals surface area (Å²) in [4.78, 5) is 13.6. The lowest BCUT2D eigenvalue weighted by atomic mass is 10.1. The van der Waals surface area contributed by atoms with E-state index in [1.165, 1.54) is 0 Å². The summed E-state index contributed by atoms with van der Waals surface area (Å²) >= 11 is 0. The van der Waals surface area contributed by atoms with Gasteiger partial charge in [0, 0.05) is 18.6 Å². The zero-order valence-corrected chi connectivity index (χ0v) is 8.87. The first-order chi connectivity index (χ1) is 6.48. The lowest BCUT2D eigenvalue weighted by Gasteiger charge is -2.37. The van der Waals surface area contributed by atoms with E-state index in [-0.39, 0.29) is 11.2 Å². The Hall–Kier alpha value is -1.10. The molecule has 2 rings (SSSR count). The van der Waals surface area contributed by atoms with Crippen molar-refractivity contribution in [3.05, 3.63) is 16.3 Å². The molecule has 0 radical (unpaired) electrons. The van der Waals surface area contributed by atoms with Crippen molar-refractivity contribution in [2.45, 2.75) is 39.4 Å². The van der Waals surface area contributed by atoms with Gasteiger partial charge < -0.3 is 0 Å². The number of aromatic amines is 1. The fourth-order valence-corrected chi connectivity index (χ4v) is 1.74. The Morgan fingerprint density at radius 1 is 1.36 bits per heavy atom. The molecule has 0 saturated carbocycles. The third-order valence-corrected chi connectivity index (χ3v) is 2.71. The largest absolute Gasteiger partial charge is 0.343 e. The second-order valence-electron chi connectivity index (χ2n) is 4.69. The molecule has 0 atom stereocenters. The maximum absolute atomic E-state index is 11.2. The summed E-state index contributed by atoms with van der Waals surface area (Å²) in [6.45, 7) is 8.92. The molecule has 0 bridgehead atoms. The van der Waals surface area contributed by atoms with Crippen LogP contribution in [0, 0.1) is 0 Å². The third-order valence-electron chi connectivity index (χ3n) is 2.71. The number of nitrogens with zero attached hydrogens (tertiary/aromatic N) is 3. The van der Waals surface area contributed by atoms with Crippen LogP contribution in [-0.2, 0) is 13.1 Å². The second kappa shape index (κ2) is 2.95. The van der Waals surface area contributed by atoms with Gasteiger partial charge in [-0.2, -0.15) is 5.10 Å². The Balaban J connectivity index is 2.26. The average molecular weight is 196 g/mol. The molecular formula is C9H16N4O. The fourth-order valence-electron chi connectivity index (χ4n) is 1.74. The van der Waals surface area contributed by atoms with Crippen LogP contribution in [0.25, 0.3) is 0 Å². The first-order valence-corrected chi connectivity index (χ1v) is 4.87. The van der Waals surface area contributed by atoms with Gasteiger partial charge in [-0.3, -0.25) is 9.47 Å². The standard InChI is InChI=1S/C9H16N4O/c1-9(2,3)12-4-5-13-7(6-12)10-11-8(13)14/h4-6H2,1-3H3,(H,11,14). The fraction of sp³-hybridized carbons (Fsp3) is 0.778. The summed E-state index contributed by atoms with van der Waals surface area (Å²) < 4.78 is 1.71. The first-order valence-electron chi connectivity index (χ1n) is 4.87. The van der Waals surface area contributed by atoms with Crippen molar-refractivity contribution in [3.8, 4) is 0 Å². The quantitative estimate of drug-likeness (QED) is 0.644. The number of rotatable bonds is 0. The van der Waals surface area contributed by atoms with E-state index in [0.717, 1.165) is 25.5 Å². The predicted molar refractivity (Wildman–Crippen MR) is 53.0 cm³/mol. The number of fused-ring (bicyclic) bond motifs is 1.